The van der Waals surface area contributed by atoms with Gasteiger partial charge in [-0.3, -0.25) is 0 Å². The van der Waals surface area contributed by atoms with Crippen molar-refractivity contribution in [3.8, 4) is 0 Å². The highest BCUT2D eigenvalue weighted by Gasteiger charge is 2.18. The first-order valence-corrected chi connectivity index (χ1v) is 7.90. The Morgan fingerprint density at radius 1 is 1.25 bits per heavy atom. The fourth-order valence-corrected chi connectivity index (χ4v) is 2.98. The predicted molar refractivity (Wildman–Crippen MR) is 87.2 cm³/mol. The molecular formula is C17H29N3. The molecule has 1 aromatic rings. The van der Waals surface area contributed by atoms with Crippen LogP contribution < -0.4 is 5.32 Å². The summed E-state index contributed by atoms with van der Waals surface area (Å²) in [5.41, 5.74) is 2.65. The topological polar surface area (TPSA) is 18.5 Å². The van der Waals surface area contributed by atoms with Gasteiger partial charge in [-0.1, -0.05) is 19.1 Å². The number of nitrogens with zero attached hydrogens (tertiary/aromatic N) is 2. The van der Waals surface area contributed by atoms with Crippen LogP contribution in [0.4, 0.5) is 5.69 Å². The zero-order valence-electron chi connectivity index (χ0n) is 13.2. The van der Waals surface area contributed by atoms with Crippen LogP contribution in [0.1, 0.15) is 31.7 Å². The van der Waals surface area contributed by atoms with Crippen LogP contribution in [0.2, 0.25) is 0 Å². The van der Waals surface area contributed by atoms with E-state index in [2.05, 4.69) is 60.4 Å². The van der Waals surface area contributed by atoms with Gasteiger partial charge in [0.15, 0.2) is 0 Å². The van der Waals surface area contributed by atoms with Crippen molar-refractivity contribution in [1.29, 1.82) is 0 Å². The van der Waals surface area contributed by atoms with Crippen molar-refractivity contribution in [1.82, 2.24) is 9.80 Å². The van der Waals surface area contributed by atoms with Gasteiger partial charge in [0.2, 0.25) is 0 Å². The van der Waals surface area contributed by atoms with Gasteiger partial charge in [0.05, 0.1) is 0 Å². The first-order chi connectivity index (χ1) is 9.67. The minimum Gasteiger partial charge on any atom is -0.382 e. The second kappa shape index (κ2) is 7.65. The van der Waals surface area contributed by atoms with Crippen LogP contribution in [0.5, 0.6) is 0 Å². The van der Waals surface area contributed by atoms with Crippen molar-refractivity contribution in [2.45, 2.75) is 38.8 Å². The number of hydrogen-bond acceptors (Lipinski definition) is 3. The monoisotopic (exact) mass is 275 g/mol. The van der Waals surface area contributed by atoms with E-state index in [0.717, 1.165) is 6.54 Å². The molecule has 1 heterocycles. The molecule has 0 unspecified atom stereocenters. The van der Waals surface area contributed by atoms with E-state index in [1.807, 2.05) is 0 Å². The molecule has 0 saturated carbocycles. The molecule has 112 valence electrons. The molecule has 0 radical (unpaired) electrons. The highest BCUT2D eigenvalue weighted by Crippen LogP contribution is 2.18. The lowest BCUT2D eigenvalue weighted by Crippen LogP contribution is -2.39. The number of piperidine rings is 1. The van der Waals surface area contributed by atoms with Crippen molar-refractivity contribution in [3.05, 3.63) is 29.8 Å². The molecule has 1 aliphatic rings. The molecule has 1 fully saturated rings. The molecule has 0 aliphatic carbocycles. The highest BCUT2D eigenvalue weighted by atomic mass is 15.1. The lowest BCUT2D eigenvalue weighted by Gasteiger charge is -2.32. The Bertz CT molecular complexity index is 395. The molecule has 0 amide bonds. The smallest absolute Gasteiger partial charge is 0.0345 e. The zero-order chi connectivity index (χ0) is 14.4. The SMILES string of the molecule is CCCN1CCC(Nc2cccc(CN(C)C)c2)CC1. The summed E-state index contributed by atoms with van der Waals surface area (Å²) < 4.78 is 0. The average molecular weight is 275 g/mol. The van der Waals surface area contributed by atoms with E-state index in [1.54, 1.807) is 0 Å². The van der Waals surface area contributed by atoms with Gasteiger partial charge >= 0.3 is 0 Å². The van der Waals surface area contributed by atoms with Crippen LogP contribution in [0, 0.1) is 0 Å². The number of likely N-dealkylation sites (tertiary alicyclic amines) is 1. The van der Waals surface area contributed by atoms with Gasteiger partial charge in [0, 0.05) is 31.4 Å². The van der Waals surface area contributed by atoms with Crippen LogP contribution >= 0.6 is 0 Å². The molecule has 0 atom stereocenters. The van der Waals surface area contributed by atoms with Crippen molar-refractivity contribution in [2.75, 3.05) is 39.0 Å². The molecule has 3 heteroatoms. The Kier molecular flexibility index (Phi) is 5.86. The summed E-state index contributed by atoms with van der Waals surface area (Å²) in [6, 6.07) is 9.48. The summed E-state index contributed by atoms with van der Waals surface area (Å²) >= 11 is 0. The fraction of sp³-hybridized carbons (Fsp3) is 0.647. The quantitative estimate of drug-likeness (QED) is 0.861. The molecule has 0 aromatic heterocycles. The molecule has 1 N–H and O–H groups in total. The summed E-state index contributed by atoms with van der Waals surface area (Å²) in [6.07, 6.45) is 3.79. The molecule has 3 nitrogen and oxygen atoms in total. The van der Waals surface area contributed by atoms with E-state index in [1.165, 1.54) is 50.1 Å². The number of nitrogens with one attached hydrogen (secondary N) is 1. The highest BCUT2D eigenvalue weighted by molar-refractivity contribution is 5.46. The second-order valence-electron chi connectivity index (χ2n) is 6.20. The molecule has 2 rings (SSSR count). The zero-order valence-corrected chi connectivity index (χ0v) is 13.2. The number of rotatable bonds is 6. The van der Waals surface area contributed by atoms with Crippen LogP contribution in [0.25, 0.3) is 0 Å². The second-order valence-corrected chi connectivity index (χ2v) is 6.20. The van der Waals surface area contributed by atoms with Gasteiger partial charge < -0.3 is 15.1 Å². The summed E-state index contributed by atoms with van der Waals surface area (Å²) in [6.45, 7) is 7.00. The molecular weight excluding hydrogens is 246 g/mol. The number of benzene rings is 1. The predicted octanol–water partition coefficient (Wildman–Crippen LogP) is 3.03. The van der Waals surface area contributed by atoms with Crippen LogP contribution in [-0.2, 0) is 6.54 Å². The number of anilines is 1. The van der Waals surface area contributed by atoms with Crippen LogP contribution in [-0.4, -0.2) is 49.6 Å². The molecule has 1 aliphatic heterocycles. The molecule has 0 bridgehead atoms. The third kappa shape index (κ3) is 4.80. The summed E-state index contributed by atoms with van der Waals surface area (Å²) in [7, 11) is 4.23. The fourth-order valence-electron chi connectivity index (χ4n) is 2.98. The average Bonchev–Trinajstić information content (AvgIpc) is 2.41. The van der Waals surface area contributed by atoms with Gasteiger partial charge in [-0.25, -0.2) is 0 Å². The van der Waals surface area contributed by atoms with Crippen LogP contribution in [0.15, 0.2) is 24.3 Å². The maximum atomic E-state index is 3.71. The Morgan fingerprint density at radius 2 is 2.00 bits per heavy atom. The van der Waals surface area contributed by atoms with E-state index in [0.29, 0.717) is 6.04 Å². The molecule has 1 saturated heterocycles. The Morgan fingerprint density at radius 3 is 2.65 bits per heavy atom. The van der Waals surface area contributed by atoms with Crippen LogP contribution in [0.3, 0.4) is 0 Å². The van der Waals surface area contributed by atoms with E-state index in [9.17, 15) is 0 Å². The van der Waals surface area contributed by atoms with Gasteiger partial charge in [0.25, 0.3) is 0 Å². The first kappa shape index (κ1) is 15.3. The number of hydrogen-bond donors (Lipinski definition) is 1. The molecule has 0 spiro atoms. The van der Waals surface area contributed by atoms with E-state index in [-0.39, 0.29) is 0 Å². The van der Waals surface area contributed by atoms with Gasteiger partial charge in [-0.05, 0) is 57.6 Å². The minimum absolute atomic E-state index is 0.637. The van der Waals surface area contributed by atoms with Crippen molar-refractivity contribution in [2.24, 2.45) is 0 Å². The third-order valence-electron chi connectivity index (χ3n) is 3.92. The summed E-state index contributed by atoms with van der Waals surface area (Å²) in [5.74, 6) is 0. The first-order valence-electron chi connectivity index (χ1n) is 7.90. The molecule has 1 aromatic carbocycles. The minimum atomic E-state index is 0.637. The van der Waals surface area contributed by atoms with Crippen molar-refractivity contribution < 1.29 is 0 Å². The largest absolute Gasteiger partial charge is 0.382 e. The summed E-state index contributed by atoms with van der Waals surface area (Å²) in [4.78, 5) is 4.79. The lowest BCUT2D eigenvalue weighted by atomic mass is 10.0. The van der Waals surface area contributed by atoms with E-state index in [4.69, 9.17) is 0 Å². The Hall–Kier alpha value is -1.06. The summed E-state index contributed by atoms with van der Waals surface area (Å²) in [5, 5.41) is 3.71. The normalized spacial score (nSPS) is 17.6. The van der Waals surface area contributed by atoms with E-state index >= 15 is 0 Å². The maximum absolute atomic E-state index is 3.71. The van der Waals surface area contributed by atoms with Crippen molar-refractivity contribution >= 4 is 5.69 Å². The molecule has 20 heavy (non-hydrogen) atoms. The Labute approximate surface area is 124 Å². The van der Waals surface area contributed by atoms with Gasteiger partial charge in [0.1, 0.15) is 0 Å². The third-order valence-corrected chi connectivity index (χ3v) is 3.92. The lowest BCUT2D eigenvalue weighted by molar-refractivity contribution is 0.219. The van der Waals surface area contributed by atoms with Gasteiger partial charge in [-0.15, -0.1) is 0 Å². The van der Waals surface area contributed by atoms with Crippen molar-refractivity contribution in [3.63, 3.8) is 0 Å². The maximum Gasteiger partial charge on any atom is 0.0345 e. The standard InChI is InChI=1S/C17H29N3/c1-4-10-20-11-8-16(9-12-20)18-17-7-5-6-15(13-17)14-19(2)3/h5-7,13,16,18H,4,8-12,14H2,1-3H3. The van der Waals surface area contributed by atoms with Gasteiger partial charge in [-0.2, -0.15) is 0 Å². The Balaban J connectivity index is 1.84. The van der Waals surface area contributed by atoms with E-state index < -0.39 is 0 Å².